The zero-order valence-electron chi connectivity index (χ0n) is 13.8. The fourth-order valence-corrected chi connectivity index (χ4v) is 3.09. The molecule has 0 unspecified atom stereocenters. The molecular weight excluding hydrogens is 294 g/mol. The highest BCUT2D eigenvalue weighted by molar-refractivity contribution is 5.92. The fourth-order valence-electron chi connectivity index (χ4n) is 3.09. The first-order valence-electron chi connectivity index (χ1n) is 8.00. The predicted octanol–water partition coefficient (Wildman–Crippen LogP) is 4.10. The highest BCUT2D eigenvalue weighted by Gasteiger charge is 2.14. The van der Waals surface area contributed by atoms with Crippen LogP contribution in [0.3, 0.4) is 0 Å². The van der Waals surface area contributed by atoms with Crippen molar-refractivity contribution in [3.63, 3.8) is 0 Å². The molecule has 116 valence electrons. The summed E-state index contributed by atoms with van der Waals surface area (Å²) in [6.45, 7) is 2.15. The molecule has 0 bridgehead atoms. The molecule has 0 aliphatic rings. The van der Waals surface area contributed by atoms with E-state index in [1.165, 1.54) is 16.8 Å². The Morgan fingerprint density at radius 3 is 2.58 bits per heavy atom. The number of nitrogens with zero attached hydrogens (tertiary/aromatic N) is 3. The van der Waals surface area contributed by atoms with Gasteiger partial charge >= 0.3 is 0 Å². The van der Waals surface area contributed by atoms with Crippen LogP contribution < -0.4 is 4.57 Å². The highest BCUT2D eigenvalue weighted by Crippen LogP contribution is 2.30. The number of benzene rings is 2. The average Bonchev–Trinajstić information content (AvgIpc) is 2.62. The number of pyridine rings is 1. The summed E-state index contributed by atoms with van der Waals surface area (Å²) in [5, 5.41) is 0. The van der Waals surface area contributed by atoms with Crippen molar-refractivity contribution < 1.29 is 4.57 Å². The van der Waals surface area contributed by atoms with Gasteiger partial charge in [-0.1, -0.05) is 24.3 Å². The Labute approximate surface area is 141 Å². The zero-order valence-corrected chi connectivity index (χ0v) is 13.8. The summed E-state index contributed by atoms with van der Waals surface area (Å²) in [5.41, 5.74) is 7.81. The maximum atomic E-state index is 4.53. The minimum Gasteiger partial charge on any atom is -0.253 e. The minimum atomic E-state index is 0.919. The normalized spacial score (nSPS) is 10.9. The molecule has 0 radical (unpaired) electrons. The van der Waals surface area contributed by atoms with E-state index < -0.39 is 0 Å². The first kappa shape index (κ1) is 14.5. The third kappa shape index (κ3) is 2.44. The summed E-state index contributed by atoms with van der Waals surface area (Å²) in [6.07, 6.45) is 5.56. The fraction of sp³-hybridized carbons (Fsp3) is 0.0952. The molecule has 0 aliphatic heterocycles. The van der Waals surface area contributed by atoms with Crippen LogP contribution in [0.4, 0.5) is 0 Å². The van der Waals surface area contributed by atoms with Crippen LogP contribution in [0, 0.1) is 6.92 Å². The van der Waals surface area contributed by atoms with Gasteiger partial charge in [-0.3, -0.25) is 9.97 Å². The summed E-state index contributed by atoms with van der Waals surface area (Å²) in [4.78, 5) is 8.95. The molecule has 4 aromatic rings. The molecule has 0 spiro atoms. The number of hydrogen-bond donors (Lipinski definition) is 0. The second kappa shape index (κ2) is 5.85. The van der Waals surface area contributed by atoms with Gasteiger partial charge in [0.2, 0.25) is 5.69 Å². The standard InChI is InChI=1S/C21H18N3/c1-15-9-10-16(14-18(15)20-8-3-4-13-24(20)2)17-6-5-7-19-21(17)23-12-11-22-19/h3-14H,1-2H3/q+1. The molecule has 2 heterocycles. The summed E-state index contributed by atoms with van der Waals surface area (Å²) in [5.74, 6) is 0. The maximum Gasteiger partial charge on any atom is 0.212 e. The van der Waals surface area contributed by atoms with Crippen LogP contribution in [0.1, 0.15) is 5.56 Å². The molecule has 0 saturated heterocycles. The van der Waals surface area contributed by atoms with E-state index in [-0.39, 0.29) is 0 Å². The van der Waals surface area contributed by atoms with E-state index in [0.29, 0.717) is 0 Å². The predicted molar refractivity (Wildman–Crippen MR) is 96.3 cm³/mol. The number of aryl methyl sites for hydroxylation is 2. The molecule has 2 aromatic carbocycles. The summed E-state index contributed by atoms with van der Waals surface area (Å²) in [7, 11) is 2.07. The lowest BCUT2D eigenvalue weighted by Crippen LogP contribution is -2.30. The van der Waals surface area contributed by atoms with Crippen LogP contribution in [-0.2, 0) is 7.05 Å². The zero-order chi connectivity index (χ0) is 16.5. The molecule has 24 heavy (non-hydrogen) atoms. The van der Waals surface area contributed by atoms with Gasteiger partial charge in [-0.05, 0) is 36.2 Å². The molecule has 4 rings (SSSR count). The number of aromatic nitrogens is 3. The topological polar surface area (TPSA) is 29.7 Å². The van der Waals surface area contributed by atoms with Gasteiger partial charge in [-0.2, -0.15) is 0 Å². The van der Waals surface area contributed by atoms with Gasteiger partial charge in [0.25, 0.3) is 0 Å². The van der Waals surface area contributed by atoms with E-state index in [2.05, 4.69) is 71.1 Å². The smallest absolute Gasteiger partial charge is 0.212 e. The van der Waals surface area contributed by atoms with Crippen molar-refractivity contribution in [2.75, 3.05) is 0 Å². The van der Waals surface area contributed by atoms with Gasteiger partial charge < -0.3 is 0 Å². The number of hydrogen-bond acceptors (Lipinski definition) is 2. The lowest BCUT2D eigenvalue weighted by molar-refractivity contribution is -0.660. The molecule has 3 nitrogen and oxygen atoms in total. The first-order valence-corrected chi connectivity index (χ1v) is 8.00. The Morgan fingerprint density at radius 2 is 1.71 bits per heavy atom. The number of fused-ring (bicyclic) bond motifs is 1. The van der Waals surface area contributed by atoms with Crippen molar-refractivity contribution in [3.05, 3.63) is 78.8 Å². The van der Waals surface area contributed by atoms with Gasteiger partial charge in [0.15, 0.2) is 6.20 Å². The van der Waals surface area contributed by atoms with E-state index in [1.54, 1.807) is 12.4 Å². The summed E-state index contributed by atoms with van der Waals surface area (Å²) < 4.78 is 2.15. The largest absolute Gasteiger partial charge is 0.253 e. The van der Waals surface area contributed by atoms with E-state index in [1.807, 2.05) is 18.2 Å². The first-order chi connectivity index (χ1) is 11.7. The van der Waals surface area contributed by atoms with Crippen LogP contribution in [0.25, 0.3) is 33.4 Å². The molecule has 0 saturated carbocycles. The Balaban J connectivity index is 1.94. The summed E-state index contributed by atoms with van der Waals surface area (Å²) >= 11 is 0. The molecule has 0 fully saturated rings. The van der Waals surface area contributed by atoms with Crippen LogP contribution in [0.5, 0.6) is 0 Å². The summed E-state index contributed by atoms with van der Waals surface area (Å²) in [6, 6.07) is 19.0. The van der Waals surface area contributed by atoms with Crippen LogP contribution in [-0.4, -0.2) is 9.97 Å². The molecule has 3 heteroatoms. The monoisotopic (exact) mass is 312 g/mol. The van der Waals surface area contributed by atoms with Crippen LogP contribution >= 0.6 is 0 Å². The van der Waals surface area contributed by atoms with Crippen molar-refractivity contribution in [1.29, 1.82) is 0 Å². The van der Waals surface area contributed by atoms with Crippen LogP contribution in [0.15, 0.2) is 73.2 Å². The van der Waals surface area contributed by atoms with Gasteiger partial charge in [-0.25, -0.2) is 4.57 Å². The lowest BCUT2D eigenvalue weighted by Gasteiger charge is -2.09. The van der Waals surface area contributed by atoms with E-state index in [9.17, 15) is 0 Å². The van der Waals surface area contributed by atoms with Crippen molar-refractivity contribution in [3.8, 4) is 22.4 Å². The Morgan fingerprint density at radius 1 is 0.833 bits per heavy atom. The third-order valence-electron chi connectivity index (χ3n) is 4.38. The van der Waals surface area contributed by atoms with Crippen LogP contribution in [0.2, 0.25) is 0 Å². The Kier molecular flexibility index (Phi) is 3.54. The molecule has 0 aliphatic carbocycles. The molecule has 2 aromatic heterocycles. The van der Waals surface area contributed by atoms with Gasteiger partial charge in [-0.15, -0.1) is 0 Å². The van der Waals surface area contributed by atoms with E-state index in [0.717, 1.165) is 22.2 Å². The lowest BCUT2D eigenvalue weighted by atomic mass is 9.96. The number of rotatable bonds is 2. The quantitative estimate of drug-likeness (QED) is 0.522. The van der Waals surface area contributed by atoms with Crippen molar-refractivity contribution in [1.82, 2.24) is 9.97 Å². The minimum absolute atomic E-state index is 0.919. The number of para-hydroxylation sites is 1. The Hall–Kier alpha value is -3.07. The molecule has 0 atom stereocenters. The van der Waals surface area contributed by atoms with Crippen molar-refractivity contribution >= 4 is 11.0 Å². The van der Waals surface area contributed by atoms with Gasteiger partial charge in [0.1, 0.15) is 7.05 Å². The SMILES string of the molecule is Cc1ccc(-c2cccc3nccnc23)cc1-c1cccc[n+]1C. The van der Waals surface area contributed by atoms with Gasteiger partial charge in [0, 0.05) is 35.7 Å². The average molecular weight is 312 g/mol. The van der Waals surface area contributed by atoms with Crippen molar-refractivity contribution in [2.24, 2.45) is 7.05 Å². The Bertz CT molecular complexity index is 1030. The highest BCUT2D eigenvalue weighted by atomic mass is 14.9. The molecular formula is C21H18N3+. The molecule has 0 amide bonds. The maximum absolute atomic E-state index is 4.53. The molecule has 0 N–H and O–H groups in total. The van der Waals surface area contributed by atoms with Crippen molar-refractivity contribution in [2.45, 2.75) is 6.92 Å². The second-order valence-electron chi connectivity index (χ2n) is 5.96. The third-order valence-corrected chi connectivity index (χ3v) is 4.38. The second-order valence-corrected chi connectivity index (χ2v) is 5.96. The van der Waals surface area contributed by atoms with E-state index >= 15 is 0 Å². The van der Waals surface area contributed by atoms with Gasteiger partial charge in [0.05, 0.1) is 11.0 Å². The van der Waals surface area contributed by atoms with E-state index in [4.69, 9.17) is 0 Å².